The quantitative estimate of drug-likeness (QED) is 0.605. The maximum Gasteiger partial charge on any atom is 0.146 e. The Labute approximate surface area is 119 Å². The summed E-state index contributed by atoms with van der Waals surface area (Å²) in [5.74, 6) is 0.745. The summed E-state index contributed by atoms with van der Waals surface area (Å²) in [5.41, 5.74) is 0.848. The molecule has 17 heavy (non-hydrogen) atoms. The van der Waals surface area contributed by atoms with Crippen molar-refractivity contribution >= 4 is 34.2 Å². The van der Waals surface area contributed by atoms with Crippen molar-refractivity contribution in [2.24, 2.45) is 0 Å². The van der Waals surface area contributed by atoms with Crippen molar-refractivity contribution in [2.45, 2.75) is 32.0 Å². The van der Waals surface area contributed by atoms with Gasteiger partial charge in [0.2, 0.25) is 0 Å². The number of hydrogen-bond donors (Lipinski definition) is 0. The Bertz CT molecular complexity index is 397. The summed E-state index contributed by atoms with van der Waals surface area (Å²) >= 11 is 8.23. The number of halogens is 2. The van der Waals surface area contributed by atoms with Gasteiger partial charge in [0, 0.05) is 20.1 Å². The lowest BCUT2D eigenvalue weighted by atomic mass is 10.2. The molecular formula is C11H14ClIN2O2. The van der Waals surface area contributed by atoms with Crippen LogP contribution in [-0.2, 0) is 22.5 Å². The second-order valence-electron chi connectivity index (χ2n) is 3.96. The van der Waals surface area contributed by atoms with Gasteiger partial charge in [0.05, 0.1) is 22.0 Å². The molecule has 0 bridgehead atoms. The molecule has 0 amide bonds. The summed E-state index contributed by atoms with van der Waals surface area (Å²) in [5, 5.41) is 0.501. The van der Waals surface area contributed by atoms with E-state index in [1.165, 1.54) is 0 Å². The molecule has 2 heterocycles. The second-order valence-corrected chi connectivity index (χ2v) is 5.40. The van der Waals surface area contributed by atoms with E-state index in [1.807, 2.05) is 0 Å². The molecule has 1 aromatic rings. The molecule has 0 spiro atoms. The molecule has 4 nitrogen and oxygen atoms in total. The molecule has 94 valence electrons. The predicted octanol–water partition coefficient (Wildman–Crippen LogP) is 2.60. The van der Waals surface area contributed by atoms with Gasteiger partial charge in [-0.3, -0.25) is 0 Å². The number of aromatic nitrogens is 2. The zero-order valence-electron chi connectivity index (χ0n) is 9.58. The topological polar surface area (TPSA) is 44.2 Å². The molecule has 0 aliphatic carbocycles. The standard InChI is InChI=1S/C11H14ClIN2O2/c1-16-6-8-10(13)11(12)15-9(14-8)5-7-3-2-4-17-7/h7H,2-6H2,1H3. The van der Waals surface area contributed by atoms with E-state index in [1.54, 1.807) is 7.11 Å². The van der Waals surface area contributed by atoms with Crippen molar-refractivity contribution in [3.63, 3.8) is 0 Å². The Balaban J connectivity index is 2.16. The van der Waals surface area contributed by atoms with Crippen molar-refractivity contribution in [2.75, 3.05) is 13.7 Å². The van der Waals surface area contributed by atoms with Gasteiger partial charge in [0.25, 0.3) is 0 Å². The SMILES string of the molecule is COCc1nc(CC2CCCO2)nc(Cl)c1I. The highest BCUT2D eigenvalue weighted by Gasteiger charge is 2.19. The van der Waals surface area contributed by atoms with E-state index in [0.717, 1.165) is 41.0 Å². The van der Waals surface area contributed by atoms with Crippen LogP contribution in [0.3, 0.4) is 0 Å². The molecule has 1 saturated heterocycles. The maximum absolute atomic E-state index is 6.09. The van der Waals surface area contributed by atoms with Crippen LogP contribution in [-0.4, -0.2) is 29.8 Å². The smallest absolute Gasteiger partial charge is 0.146 e. The third-order valence-corrected chi connectivity index (χ3v) is 4.37. The van der Waals surface area contributed by atoms with Crippen LogP contribution in [0.2, 0.25) is 5.15 Å². The average molecular weight is 369 g/mol. The van der Waals surface area contributed by atoms with Gasteiger partial charge in [0.15, 0.2) is 0 Å². The molecule has 1 unspecified atom stereocenters. The van der Waals surface area contributed by atoms with Crippen LogP contribution in [0.1, 0.15) is 24.4 Å². The molecule has 1 aliphatic rings. The van der Waals surface area contributed by atoms with Crippen LogP contribution in [0.5, 0.6) is 0 Å². The molecule has 1 atom stereocenters. The summed E-state index contributed by atoms with van der Waals surface area (Å²) in [6.07, 6.45) is 3.16. The van der Waals surface area contributed by atoms with Gasteiger partial charge in [-0.2, -0.15) is 0 Å². The van der Waals surface area contributed by atoms with Crippen LogP contribution in [0.25, 0.3) is 0 Å². The Morgan fingerprint density at radius 2 is 2.35 bits per heavy atom. The zero-order chi connectivity index (χ0) is 12.3. The van der Waals surface area contributed by atoms with E-state index in [0.29, 0.717) is 11.8 Å². The third kappa shape index (κ3) is 3.49. The van der Waals surface area contributed by atoms with E-state index in [2.05, 4.69) is 32.6 Å². The number of nitrogens with zero attached hydrogens (tertiary/aromatic N) is 2. The maximum atomic E-state index is 6.09. The lowest BCUT2D eigenvalue weighted by Gasteiger charge is -2.11. The van der Waals surface area contributed by atoms with Gasteiger partial charge in [-0.15, -0.1) is 0 Å². The summed E-state index contributed by atoms with van der Waals surface area (Å²) in [7, 11) is 1.64. The lowest BCUT2D eigenvalue weighted by Crippen LogP contribution is -2.13. The minimum atomic E-state index is 0.238. The molecule has 0 saturated carbocycles. The van der Waals surface area contributed by atoms with Gasteiger partial charge in [-0.05, 0) is 35.4 Å². The highest BCUT2D eigenvalue weighted by Crippen LogP contribution is 2.22. The average Bonchev–Trinajstić information content (AvgIpc) is 2.78. The highest BCUT2D eigenvalue weighted by molar-refractivity contribution is 14.1. The predicted molar refractivity (Wildman–Crippen MR) is 73.2 cm³/mol. The first-order valence-electron chi connectivity index (χ1n) is 5.52. The van der Waals surface area contributed by atoms with Gasteiger partial charge < -0.3 is 9.47 Å². The Morgan fingerprint density at radius 1 is 1.53 bits per heavy atom. The Kier molecular flexibility index (Phi) is 4.96. The van der Waals surface area contributed by atoms with Gasteiger partial charge in [-0.25, -0.2) is 9.97 Å². The Morgan fingerprint density at radius 3 is 3.00 bits per heavy atom. The van der Waals surface area contributed by atoms with Crippen molar-refractivity contribution < 1.29 is 9.47 Å². The molecule has 1 fully saturated rings. The van der Waals surface area contributed by atoms with Crippen molar-refractivity contribution in [1.29, 1.82) is 0 Å². The number of ether oxygens (including phenoxy) is 2. The molecule has 1 aromatic heterocycles. The van der Waals surface area contributed by atoms with E-state index < -0.39 is 0 Å². The second kappa shape index (κ2) is 6.26. The van der Waals surface area contributed by atoms with Gasteiger partial charge >= 0.3 is 0 Å². The van der Waals surface area contributed by atoms with Crippen LogP contribution in [0.15, 0.2) is 0 Å². The summed E-state index contributed by atoms with van der Waals surface area (Å²) in [6, 6.07) is 0. The molecule has 6 heteroatoms. The number of rotatable bonds is 4. The first-order valence-corrected chi connectivity index (χ1v) is 6.97. The number of methoxy groups -OCH3 is 1. The van der Waals surface area contributed by atoms with Crippen molar-refractivity contribution in [3.8, 4) is 0 Å². The fraction of sp³-hybridized carbons (Fsp3) is 0.636. The molecule has 0 aromatic carbocycles. The first kappa shape index (κ1) is 13.5. The van der Waals surface area contributed by atoms with E-state index in [4.69, 9.17) is 21.1 Å². The monoisotopic (exact) mass is 368 g/mol. The summed E-state index contributed by atoms with van der Waals surface area (Å²) in [4.78, 5) is 8.77. The van der Waals surface area contributed by atoms with E-state index in [-0.39, 0.29) is 6.10 Å². The van der Waals surface area contributed by atoms with E-state index in [9.17, 15) is 0 Å². The normalized spacial score (nSPS) is 19.8. The molecule has 1 aliphatic heterocycles. The van der Waals surface area contributed by atoms with Crippen LogP contribution in [0, 0.1) is 3.57 Å². The minimum absolute atomic E-state index is 0.238. The summed E-state index contributed by atoms with van der Waals surface area (Å²) < 4.78 is 11.5. The van der Waals surface area contributed by atoms with Gasteiger partial charge in [-0.1, -0.05) is 11.6 Å². The first-order chi connectivity index (χ1) is 8.20. The molecular weight excluding hydrogens is 354 g/mol. The van der Waals surface area contributed by atoms with Gasteiger partial charge in [0.1, 0.15) is 11.0 Å². The minimum Gasteiger partial charge on any atom is -0.378 e. The largest absolute Gasteiger partial charge is 0.378 e. The Hall–Kier alpha value is 0.0200. The molecule has 0 radical (unpaired) electrons. The van der Waals surface area contributed by atoms with Crippen LogP contribution >= 0.6 is 34.2 Å². The van der Waals surface area contributed by atoms with Crippen molar-refractivity contribution in [1.82, 2.24) is 9.97 Å². The lowest BCUT2D eigenvalue weighted by molar-refractivity contribution is 0.109. The number of hydrogen-bond acceptors (Lipinski definition) is 4. The fourth-order valence-corrected chi connectivity index (χ4v) is 2.45. The zero-order valence-corrected chi connectivity index (χ0v) is 12.5. The summed E-state index contributed by atoms with van der Waals surface area (Å²) in [6.45, 7) is 1.30. The third-order valence-electron chi connectivity index (χ3n) is 2.64. The fourth-order valence-electron chi connectivity index (χ4n) is 1.84. The molecule has 0 N–H and O–H groups in total. The van der Waals surface area contributed by atoms with Crippen LogP contribution in [0.4, 0.5) is 0 Å². The molecule has 2 rings (SSSR count). The van der Waals surface area contributed by atoms with E-state index >= 15 is 0 Å². The van der Waals surface area contributed by atoms with Crippen molar-refractivity contribution in [3.05, 3.63) is 20.2 Å². The van der Waals surface area contributed by atoms with Crippen LogP contribution < -0.4 is 0 Å². The highest BCUT2D eigenvalue weighted by atomic mass is 127.